The van der Waals surface area contributed by atoms with Gasteiger partial charge in [-0.2, -0.15) is 0 Å². The maximum atomic E-state index is 12.4. The first-order chi connectivity index (χ1) is 12.6. The molecule has 1 heterocycles. The fourth-order valence-electron chi connectivity index (χ4n) is 3.12. The molecule has 5 nitrogen and oxygen atoms in total. The molecule has 0 spiro atoms. The van der Waals surface area contributed by atoms with Crippen LogP contribution >= 0.6 is 0 Å². The number of amides is 1. The van der Waals surface area contributed by atoms with Crippen molar-refractivity contribution in [2.45, 2.75) is 38.5 Å². The molecule has 0 aromatic heterocycles. The molecule has 0 saturated carbocycles. The van der Waals surface area contributed by atoms with Crippen LogP contribution in [-0.2, 0) is 11.4 Å². The van der Waals surface area contributed by atoms with Crippen LogP contribution in [0, 0.1) is 0 Å². The average molecular weight is 354 g/mol. The van der Waals surface area contributed by atoms with Gasteiger partial charge in [0.1, 0.15) is 12.4 Å². The van der Waals surface area contributed by atoms with Crippen LogP contribution in [0.5, 0.6) is 5.75 Å². The number of carbonyl (C=O) groups excluding carboxylic acids is 1. The molecule has 1 amide bonds. The van der Waals surface area contributed by atoms with Crippen molar-refractivity contribution in [3.05, 3.63) is 60.2 Å². The summed E-state index contributed by atoms with van der Waals surface area (Å²) in [6, 6.07) is 17.1. The van der Waals surface area contributed by atoms with Gasteiger partial charge in [-0.05, 0) is 56.1 Å². The molecule has 2 aromatic carbocycles. The second kappa shape index (κ2) is 8.83. The van der Waals surface area contributed by atoms with E-state index in [4.69, 9.17) is 4.74 Å². The van der Waals surface area contributed by atoms with E-state index >= 15 is 0 Å². The average Bonchev–Trinajstić information content (AvgIpc) is 2.67. The zero-order chi connectivity index (χ0) is 18.4. The molecule has 1 fully saturated rings. The summed E-state index contributed by atoms with van der Waals surface area (Å²) < 4.78 is 5.76. The minimum Gasteiger partial charge on any atom is -0.489 e. The molecule has 26 heavy (non-hydrogen) atoms. The van der Waals surface area contributed by atoms with Crippen molar-refractivity contribution in [2.24, 2.45) is 0 Å². The molecule has 0 aliphatic carbocycles. The van der Waals surface area contributed by atoms with E-state index < -0.39 is 0 Å². The number of likely N-dealkylation sites (tertiary alicyclic amines) is 1. The van der Waals surface area contributed by atoms with Crippen molar-refractivity contribution in [2.75, 3.05) is 18.4 Å². The SMILES string of the molecule is CC(C(=O)Nc1ccc(OCc2ccccc2)cc1)N1CCCC(O)C1. The van der Waals surface area contributed by atoms with E-state index in [1.165, 1.54) is 0 Å². The van der Waals surface area contributed by atoms with Gasteiger partial charge in [-0.25, -0.2) is 0 Å². The molecule has 2 unspecified atom stereocenters. The highest BCUT2D eigenvalue weighted by Crippen LogP contribution is 2.19. The normalized spacial score (nSPS) is 18.9. The fourth-order valence-corrected chi connectivity index (χ4v) is 3.12. The van der Waals surface area contributed by atoms with E-state index in [2.05, 4.69) is 5.32 Å². The summed E-state index contributed by atoms with van der Waals surface area (Å²) in [6.07, 6.45) is 1.40. The molecule has 1 aliphatic heterocycles. The largest absolute Gasteiger partial charge is 0.489 e. The van der Waals surface area contributed by atoms with Crippen molar-refractivity contribution >= 4 is 11.6 Å². The van der Waals surface area contributed by atoms with Gasteiger partial charge in [-0.3, -0.25) is 9.69 Å². The number of nitrogens with zero attached hydrogens (tertiary/aromatic N) is 1. The molecule has 0 bridgehead atoms. The van der Waals surface area contributed by atoms with Crippen molar-refractivity contribution < 1.29 is 14.6 Å². The van der Waals surface area contributed by atoms with Gasteiger partial charge in [-0.15, -0.1) is 0 Å². The number of ether oxygens (including phenoxy) is 1. The Morgan fingerprint density at radius 3 is 2.65 bits per heavy atom. The van der Waals surface area contributed by atoms with Gasteiger partial charge in [-0.1, -0.05) is 30.3 Å². The predicted octanol–water partition coefficient (Wildman–Crippen LogP) is 3.05. The second-order valence-corrected chi connectivity index (χ2v) is 6.75. The van der Waals surface area contributed by atoms with Crippen molar-refractivity contribution in [3.8, 4) is 5.75 Å². The number of aliphatic hydroxyl groups excluding tert-OH is 1. The standard InChI is InChI=1S/C21H26N2O3/c1-16(23-13-5-8-19(24)14-23)21(25)22-18-9-11-20(12-10-18)26-15-17-6-3-2-4-7-17/h2-4,6-7,9-12,16,19,24H,5,8,13-15H2,1H3,(H,22,25). The third-order valence-corrected chi connectivity index (χ3v) is 4.73. The number of rotatable bonds is 6. The zero-order valence-corrected chi connectivity index (χ0v) is 15.1. The molecule has 1 aliphatic rings. The van der Waals surface area contributed by atoms with Crippen LogP contribution in [-0.4, -0.2) is 41.1 Å². The molecular weight excluding hydrogens is 328 g/mol. The van der Waals surface area contributed by atoms with Crippen molar-refractivity contribution in [3.63, 3.8) is 0 Å². The summed E-state index contributed by atoms with van der Waals surface area (Å²) in [7, 11) is 0. The number of anilines is 1. The molecule has 5 heteroatoms. The van der Waals surface area contributed by atoms with E-state index in [0.29, 0.717) is 13.2 Å². The van der Waals surface area contributed by atoms with Crippen LogP contribution in [0.2, 0.25) is 0 Å². The number of hydrogen-bond acceptors (Lipinski definition) is 4. The Morgan fingerprint density at radius 2 is 1.96 bits per heavy atom. The Labute approximate surface area is 154 Å². The van der Waals surface area contributed by atoms with Crippen LogP contribution in [0.15, 0.2) is 54.6 Å². The molecule has 2 aromatic rings. The van der Waals surface area contributed by atoms with E-state index in [1.807, 2.05) is 66.4 Å². The fraction of sp³-hybridized carbons (Fsp3) is 0.381. The van der Waals surface area contributed by atoms with Crippen LogP contribution in [0.25, 0.3) is 0 Å². The van der Waals surface area contributed by atoms with Crippen molar-refractivity contribution in [1.29, 1.82) is 0 Å². The first-order valence-corrected chi connectivity index (χ1v) is 9.11. The molecule has 138 valence electrons. The van der Waals surface area contributed by atoms with Gasteiger partial charge >= 0.3 is 0 Å². The summed E-state index contributed by atoms with van der Waals surface area (Å²) >= 11 is 0. The maximum Gasteiger partial charge on any atom is 0.241 e. The Hall–Kier alpha value is -2.37. The van der Waals surface area contributed by atoms with Crippen LogP contribution in [0.4, 0.5) is 5.69 Å². The molecule has 1 saturated heterocycles. The van der Waals surface area contributed by atoms with E-state index in [0.717, 1.165) is 36.4 Å². The third kappa shape index (κ3) is 5.07. The second-order valence-electron chi connectivity index (χ2n) is 6.75. The van der Waals surface area contributed by atoms with Crippen LogP contribution in [0.3, 0.4) is 0 Å². The first-order valence-electron chi connectivity index (χ1n) is 9.11. The van der Waals surface area contributed by atoms with Gasteiger partial charge in [0.25, 0.3) is 0 Å². The number of piperidine rings is 1. The lowest BCUT2D eigenvalue weighted by molar-refractivity contribution is -0.121. The summed E-state index contributed by atoms with van der Waals surface area (Å²) in [5, 5.41) is 12.7. The lowest BCUT2D eigenvalue weighted by atomic mass is 10.1. The Kier molecular flexibility index (Phi) is 6.26. The highest BCUT2D eigenvalue weighted by molar-refractivity contribution is 5.94. The van der Waals surface area contributed by atoms with Crippen LogP contribution in [0.1, 0.15) is 25.3 Å². The number of hydrogen-bond donors (Lipinski definition) is 2. The summed E-state index contributed by atoms with van der Waals surface area (Å²) in [6.45, 7) is 3.80. The van der Waals surface area contributed by atoms with E-state index in [-0.39, 0.29) is 18.1 Å². The molecule has 3 rings (SSSR count). The Bertz CT molecular complexity index is 703. The molecule has 0 radical (unpaired) electrons. The zero-order valence-electron chi connectivity index (χ0n) is 15.1. The summed E-state index contributed by atoms with van der Waals surface area (Å²) in [5.74, 6) is 0.705. The first kappa shape index (κ1) is 18.4. The molecular formula is C21H26N2O3. The van der Waals surface area contributed by atoms with Crippen LogP contribution < -0.4 is 10.1 Å². The summed E-state index contributed by atoms with van der Waals surface area (Å²) in [4.78, 5) is 14.5. The number of nitrogens with one attached hydrogen (secondary N) is 1. The minimum absolute atomic E-state index is 0.0583. The predicted molar refractivity (Wildman–Crippen MR) is 102 cm³/mol. The van der Waals surface area contributed by atoms with Crippen molar-refractivity contribution in [1.82, 2.24) is 4.90 Å². The number of carbonyl (C=O) groups is 1. The maximum absolute atomic E-state index is 12.4. The summed E-state index contributed by atoms with van der Waals surface area (Å²) in [5.41, 5.74) is 1.86. The van der Waals surface area contributed by atoms with Gasteiger partial charge in [0.15, 0.2) is 0 Å². The number of aliphatic hydroxyl groups is 1. The van der Waals surface area contributed by atoms with Gasteiger partial charge in [0.2, 0.25) is 5.91 Å². The minimum atomic E-state index is -0.333. The lowest BCUT2D eigenvalue weighted by Gasteiger charge is -2.33. The third-order valence-electron chi connectivity index (χ3n) is 4.73. The molecule has 2 N–H and O–H groups in total. The number of benzene rings is 2. The topological polar surface area (TPSA) is 61.8 Å². The van der Waals surface area contributed by atoms with Gasteiger partial charge in [0, 0.05) is 12.2 Å². The monoisotopic (exact) mass is 354 g/mol. The smallest absolute Gasteiger partial charge is 0.241 e. The van der Waals surface area contributed by atoms with E-state index in [9.17, 15) is 9.90 Å². The van der Waals surface area contributed by atoms with Gasteiger partial charge in [0.05, 0.1) is 12.1 Å². The van der Waals surface area contributed by atoms with E-state index in [1.54, 1.807) is 0 Å². The quantitative estimate of drug-likeness (QED) is 0.837. The number of β-amino-alcohol motifs (C(OH)–C–C–N with tert-alkyl or cyclic N) is 1. The highest BCUT2D eigenvalue weighted by atomic mass is 16.5. The Balaban J connectivity index is 1.51. The van der Waals surface area contributed by atoms with Gasteiger partial charge < -0.3 is 15.2 Å². The Morgan fingerprint density at radius 1 is 1.23 bits per heavy atom. The lowest BCUT2D eigenvalue weighted by Crippen LogP contribution is -2.48. The highest BCUT2D eigenvalue weighted by Gasteiger charge is 2.26. The molecule has 2 atom stereocenters.